The van der Waals surface area contributed by atoms with E-state index >= 15 is 0 Å². The summed E-state index contributed by atoms with van der Waals surface area (Å²) in [5.74, 6) is -0.571. The number of rotatable bonds is 4. The summed E-state index contributed by atoms with van der Waals surface area (Å²) in [6.45, 7) is 0. The van der Waals surface area contributed by atoms with E-state index in [-0.39, 0.29) is 16.7 Å². The molecule has 5 nitrogen and oxygen atoms in total. The van der Waals surface area contributed by atoms with Gasteiger partial charge in [0.25, 0.3) is 0 Å². The van der Waals surface area contributed by atoms with E-state index in [0.717, 1.165) is 16.0 Å². The van der Waals surface area contributed by atoms with Crippen LogP contribution in [0.3, 0.4) is 0 Å². The van der Waals surface area contributed by atoms with Crippen molar-refractivity contribution in [2.24, 2.45) is 0 Å². The highest BCUT2D eigenvalue weighted by atomic mass is 32.1. The maximum absolute atomic E-state index is 12.4. The molecule has 2 heterocycles. The molecule has 3 aromatic rings. The lowest BCUT2D eigenvalue weighted by Gasteiger charge is -2.23. The Hall–Kier alpha value is -3.12. The van der Waals surface area contributed by atoms with Crippen molar-refractivity contribution in [1.29, 1.82) is 0 Å². The lowest BCUT2D eigenvalue weighted by molar-refractivity contribution is -0.116. The smallest absolute Gasteiger partial charge is 0.346 e. The number of benzene rings is 2. The quantitative estimate of drug-likeness (QED) is 0.695. The second-order valence-corrected chi connectivity index (χ2v) is 7.35. The van der Waals surface area contributed by atoms with Crippen molar-refractivity contribution in [3.8, 4) is 16.9 Å². The summed E-state index contributed by atoms with van der Waals surface area (Å²) in [4.78, 5) is 25.4. The number of ether oxygens (including phenoxy) is 1. The van der Waals surface area contributed by atoms with E-state index in [1.165, 1.54) is 11.3 Å². The fraction of sp³-hybridized carbons (Fsp3) is 0.143. The molecule has 1 aliphatic heterocycles. The zero-order chi connectivity index (χ0) is 19.0. The predicted molar refractivity (Wildman–Crippen MR) is 105 cm³/mol. The Kier molecular flexibility index (Phi) is 4.41. The third-order valence-electron chi connectivity index (χ3n) is 4.68. The molecule has 0 unspecified atom stereocenters. The third kappa shape index (κ3) is 3.08. The van der Waals surface area contributed by atoms with Gasteiger partial charge in [0.15, 0.2) is 0 Å². The minimum absolute atomic E-state index is 0.110. The first-order chi connectivity index (χ1) is 13.1. The maximum Gasteiger partial charge on any atom is 0.346 e. The number of nitrogens with one attached hydrogen (secondary N) is 1. The molecule has 27 heavy (non-hydrogen) atoms. The molecular weight excluding hydrogens is 362 g/mol. The monoisotopic (exact) mass is 379 g/mol. The zero-order valence-corrected chi connectivity index (χ0v) is 15.4. The molecule has 0 aliphatic carbocycles. The SMILES string of the molecule is COc1ccc(-c2c(C(=O)O)sc3c2NC(=O)C[C@H]3c2ccccc2)cc1. The van der Waals surface area contributed by atoms with Gasteiger partial charge in [-0.05, 0) is 23.3 Å². The van der Waals surface area contributed by atoms with Gasteiger partial charge >= 0.3 is 5.97 Å². The van der Waals surface area contributed by atoms with Gasteiger partial charge in [0.2, 0.25) is 5.91 Å². The fourth-order valence-electron chi connectivity index (χ4n) is 3.43. The number of carbonyl (C=O) groups excluding carboxylic acids is 1. The van der Waals surface area contributed by atoms with Gasteiger partial charge in [-0.25, -0.2) is 4.79 Å². The Balaban J connectivity index is 1.91. The second kappa shape index (κ2) is 6.89. The number of carbonyl (C=O) groups is 2. The van der Waals surface area contributed by atoms with Crippen molar-refractivity contribution in [2.45, 2.75) is 12.3 Å². The van der Waals surface area contributed by atoms with Crippen molar-refractivity contribution < 1.29 is 19.4 Å². The van der Waals surface area contributed by atoms with E-state index in [4.69, 9.17) is 4.74 Å². The summed E-state index contributed by atoms with van der Waals surface area (Å²) in [5, 5.41) is 12.7. The molecule has 136 valence electrons. The molecule has 6 heteroatoms. The zero-order valence-electron chi connectivity index (χ0n) is 14.6. The van der Waals surface area contributed by atoms with E-state index in [0.29, 0.717) is 23.4 Å². The highest BCUT2D eigenvalue weighted by Gasteiger charge is 2.34. The molecule has 0 bridgehead atoms. The van der Waals surface area contributed by atoms with E-state index in [2.05, 4.69) is 5.32 Å². The Bertz CT molecular complexity index is 1010. The summed E-state index contributed by atoms with van der Waals surface area (Å²) < 4.78 is 5.19. The predicted octanol–water partition coefficient (Wildman–Crippen LogP) is 4.60. The van der Waals surface area contributed by atoms with E-state index in [1.54, 1.807) is 19.2 Å². The topological polar surface area (TPSA) is 75.6 Å². The lowest BCUT2D eigenvalue weighted by Crippen LogP contribution is -2.22. The highest BCUT2D eigenvalue weighted by Crippen LogP contribution is 2.49. The van der Waals surface area contributed by atoms with Crippen LogP contribution in [0.5, 0.6) is 5.75 Å². The molecule has 0 saturated heterocycles. The van der Waals surface area contributed by atoms with Crippen LogP contribution in [0.25, 0.3) is 11.1 Å². The number of carboxylic acid groups (broad SMARTS) is 1. The first-order valence-electron chi connectivity index (χ1n) is 8.47. The molecule has 1 atom stereocenters. The average molecular weight is 379 g/mol. The van der Waals surface area contributed by atoms with Crippen molar-refractivity contribution in [3.63, 3.8) is 0 Å². The molecule has 0 fully saturated rings. The van der Waals surface area contributed by atoms with Crippen LogP contribution >= 0.6 is 11.3 Å². The largest absolute Gasteiger partial charge is 0.497 e. The van der Waals surface area contributed by atoms with Crippen molar-refractivity contribution >= 4 is 28.9 Å². The van der Waals surface area contributed by atoms with Crippen molar-refractivity contribution in [3.05, 3.63) is 69.9 Å². The lowest BCUT2D eigenvalue weighted by atomic mass is 9.89. The van der Waals surface area contributed by atoms with Gasteiger partial charge in [-0.3, -0.25) is 4.79 Å². The number of fused-ring (bicyclic) bond motifs is 1. The van der Waals surface area contributed by atoms with E-state index in [9.17, 15) is 14.7 Å². The average Bonchev–Trinajstić information content (AvgIpc) is 3.07. The maximum atomic E-state index is 12.4. The summed E-state index contributed by atoms with van der Waals surface area (Å²) in [6, 6.07) is 16.9. The minimum atomic E-state index is -0.999. The molecule has 2 aromatic carbocycles. The van der Waals surface area contributed by atoms with Gasteiger partial charge < -0.3 is 15.2 Å². The molecule has 4 rings (SSSR count). The normalized spacial score (nSPS) is 15.7. The van der Waals surface area contributed by atoms with Crippen LogP contribution in [0.15, 0.2) is 54.6 Å². The van der Waals surface area contributed by atoms with Crippen LogP contribution in [0.1, 0.15) is 32.5 Å². The highest BCUT2D eigenvalue weighted by molar-refractivity contribution is 7.15. The van der Waals surface area contributed by atoms with Gasteiger partial charge in [0, 0.05) is 22.8 Å². The van der Waals surface area contributed by atoms with Crippen LogP contribution in [0.4, 0.5) is 5.69 Å². The summed E-state index contributed by atoms with van der Waals surface area (Å²) in [5.41, 5.74) is 2.90. The molecule has 1 amide bonds. The molecule has 0 radical (unpaired) electrons. The number of aromatic carboxylic acids is 1. The molecule has 1 aromatic heterocycles. The first-order valence-corrected chi connectivity index (χ1v) is 9.29. The van der Waals surface area contributed by atoms with Crippen LogP contribution in [0, 0.1) is 0 Å². The van der Waals surface area contributed by atoms with Gasteiger partial charge in [0.1, 0.15) is 10.6 Å². The number of hydrogen-bond donors (Lipinski definition) is 2. The van der Waals surface area contributed by atoms with Crippen LogP contribution in [0.2, 0.25) is 0 Å². The Morgan fingerprint density at radius 3 is 2.48 bits per heavy atom. The van der Waals surface area contributed by atoms with Crippen molar-refractivity contribution in [2.75, 3.05) is 12.4 Å². The van der Waals surface area contributed by atoms with Gasteiger partial charge in [-0.2, -0.15) is 0 Å². The summed E-state index contributed by atoms with van der Waals surface area (Å²) in [6.07, 6.45) is 0.304. The minimum Gasteiger partial charge on any atom is -0.497 e. The Morgan fingerprint density at radius 1 is 1.15 bits per heavy atom. The van der Waals surface area contributed by atoms with Crippen LogP contribution < -0.4 is 10.1 Å². The number of methoxy groups -OCH3 is 1. The molecule has 0 spiro atoms. The number of carboxylic acids is 1. The molecule has 1 aliphatic rings. The standard InChI is InChI=1S/C21H17NO4S/c1-26-14-9-7-13(8-10-14)17-18-19(27-20(17)21(24)25)15(11-16(23)22-18)12-5-3-2-4-6-12/h2-10,15H,11H2,1H3,(H,22,23)(H,24,25)/t15-/m0/s1. The number of anilines is 1. The first kappa shape index (κ1) is 17.3. The summed E-state index contributed by atoms with van der Waals surface area (Å²) >= 11 is 1.23. The Labute approximate surface area is 160 Å². The molecule has 2 N–H and O–H groups in total. The molecule has 0 saturated carbocycles. The van der Waals surface area contributed by atoms with Crippen LogP contribution in [-0.4, -0.2) is 24.1 Å². The van der Waals surface area contributed by atoms with Crippen molar-refractivity contribution in [1.82, 2.24) is 0 Å². The fourth-order valence-corrected chi connectivity index (χ4v) is 4.67. The van der Waals surface area contributed by atoms with Crippen LogP contribution in [-0.2, 0) is 4.79 Å². The Morgan fingerprint density at radius 2 is 1.85 bits per heavy atom. The van der Waals surface area contributed by atoms with Gasteiger partial charge in [-0.1, -0.05) is 42.5 Å². The van der Waals surface area contributed by atoms with Gasteiger partial charge in [0.05, 0.1) is 12.8 Å². The second-order valence-electron chi connectivity index (χ2n) is 6.29. The van der Waals surface area contributed by atoms with Gasteiger partial charge in [-0.15, -0.1) is 11.3 Å². The number of hydrogen-bond acceptors (Lipinski definition) is 4. The third-order valence-corrected chi connectivity index (χ3v) is 5.97. The summed E-state index contributed by atoms with van der Waals surface area (Å²) in [7, 11) is 1.58. The van der Waals surface area contributed by atoms with E-state index in [1.807, 2.05) is 42.5 Å². The van der Waals surface area contributed by atoms with E-state index < -0.39 is 5.97 Å². The molecular formula is C21H17NO4S. The number of amides is 1. The number of thiophene rings is 1.